The Labute approximate surface area is 98.0 Å². The van der Waals surface area contributed by atoms with Crippen molar-refractivity contribution < 1.29 is 9.21 Å². The van der Waals surface area contributed by atoms with Crippen molar-refractivity contribution in [1.82, 2.24) is 5.32 Å². The largest absolute Gasteiger partial charge is 0.459 e. The van der Waals surface area contributed by atoms with Crippen LogP contribution in [0.15, 0.2) is 34.7 Å². The lowest BCUT2D eigenvalue weighted by atomic mass is 10.2. The molecule has 0 saturated heterocycles. The van der Waals surface area contributed by atoms with Crippen LogP contribution in [0.2, 0.25) is 5.02 Å². The Bertz CT molecular complexity index is 502. The van der Waals surface area contributed by atoms with Gasteiger partial charge in [-0.1, -0.05) is 11.6 Å². The van der Waals surface area contributed by atoms with Gasteiger partial charge in [0.1, 0.15) is 17.2 Å². The number of carbonyl (C=O) groups excluding carboxylic acids is 1. The Morgan fingerprint density at radius 1 is 1.31 bits per heavy atom. The van der Waals surface area contributed by atoms with E-state index in [0.29, 0.717) is 28.6 Å². The second-order valence-electron chi connectivity index (χ2n) is 3.29. The number of carbonyl (C=O) groups is 1. The Morgan fingerprint density at radius 2 is 2.00 bits per heavy atom. The maximum atomic E-state index is 10.3. The molecule has 0 atom stereocenters. The lowest BCUT2D eigenvalue weighted by Gasteiger charge is -1.95. The van der Waals surface area contributed by atoms with Gasteiger partial charge < -0.3 is 4.42 Å². The molecule has 2 rings (SSSR count). The van der Waals surface area contributed by atoms with Gasteiger partial charge in [0.15, 0.2) is 0 Å². The fourth-order valence-electron chi connectivity index (χ4n) is 1.41. The number of benzene rings is 1. The number of hydrogen-bond acceptors (Lipinski definition) is 2. The molecule has 1 aromatic carbocycles. The number of hydrogen-bond donors (Lipinski definition) is 0. The number of amides is 1. The van der Waals surface area contributed by atoms with Crippen molar-refractivity contribution in [3.05, 3.63) is 41.1 Å². The molecule has 81 valence electrons. The first kappa shape index (κ1) is 10.8. The van der Waals surface area contributed by atoms with E-state index in [1.54, 1.807) is 25.1 Å². The first-order valence-electron chi connectivity index (χ1n) is 4.71. The third-order valence-corrected chi connectivity index (χ3v) is 2.46. The van der Waals surface area contributed by atoms with Crippen LogP contribution in [0.3, 0.4) is 0 Å². The number of nitrogens with zero attached hydrogens (tertiary/aromatic N) is 1. The van der Waals surface area contributed by atoms with Crippen LogP contribution in [-0.4, -0.2) is 6.41 Å². The zero-order chi connectivity index (χ0) is 11.5. The van der Waals surface area contributed by atoms with Gasteiger partial charge in [0, 0.05) is 16.7 Å². The van der Waals surface area contributed by atoms with E-state index in [-0.39, 0.29) is 0 Å². The third-order valence-electron chi connectivity index (χ3n) is 2.21. The van der Waals surface area contributed by atoms with E-state index in [4.69, 9.17) is 16.0 Å². The molecule has 0 bridgehead atoms. The molecule has 1 heterocycles. The lowest BCUT2D eigenvalue weighted by molar-refractivity contribution is -0.108. The zero-order valence-electron chi connectivity index (χ0n) is 8.61. The maximum Gasteiger partial charge on any atom is 0.233 e. The minimum Gasteiger partial charge on any atom is -0.459 e. The summed E-state index contributed by atoms with van der Waals surface area (Å²) in [6, 6.07) is 9.00. The van der Waals surface area contributed by atoms with Gasteiger partial charge in [0.05, 0.1) is 0 Å². The van der Waals surface area contributed by atoms with Crippen LogP contribution in [0.1, 0.15) is 5.76 Å². The second-order valence-corrected chi connectivity index (χ2v) is 3.73. The molecule has 1 amide bonds. The van der Waals surface area contributed by atoms with Crippen molar-refractivity contribution in [2.75, 3.05) is 0 Å². The van der Waals surface area contributed by atoms with Crippen LogP contribution in [0, 0.1) is 6.92 Å². The topological polar surface area (TPSA) is 44.3 Å². The van der Waals surface area contributed by atoms with Crippen molar-refractivity contribution in [1.29, 1.82) is 0 Å². The molecule has 16 heavy (non-hydrogen) atoms. The van der Waals surface area contributed by atoms with Crippen molar-refractivity contribution >= 4 is 23.7 Å². The number of halogens is 1. The standard InChI is InChI=1S/C12H9ClNO2/c1-8-11(14-7-15)6-12(16-8)9-2-4-10(13)5-3-9/h2-7H,1H3. The molecular weight excluding hydrogens is 226 g/mol. The summed E-state index contributed by atoms with van der Waals surface area (Å²) in [5, 5.41) is 4.34. The molecule has 2 aromatic rings. The summed E-state index contributed by atoms with van der Waals surface area (Å²) in [7, 11) is 0. The fraction of sp³-hybridized carbons (Fsp3) is 0.0833. The summed E-state index contributed by atoms with van der Waals surface area (Å²) in [6.07, 6.45) is 0.503. The van der Waals surface area contributed by atoms with Crippen LogP contribution < -0.4 is 5.32 Å². The highest BCUT2D eigenvalue weighted by molar-refractivity contribution is 6.30. The van der Waals surface area contributed by atoms with Gasteiger partial charge >= 0.3 is 0 Å². The fourth-order valence-corrected chi connectivity index (χ4v) is 1.54. The van der Waals surface area contributed by atoms with Crippen LogP contribution in [-0.2, 0) is 4.79 Å². The summed E-state index contributed by atoms with van der Waals surface area (Å²) >= 11 is 5.79. The first-order chi connectivity index (χ1) is 7.70. The minimum absolute atomic E-state index is 0.503. The molecule has 0 unspecified atom stereocenters. The minimum atomic E-state index is 0.503. The smallest absolute Gasteiger partial charge is 0.233 e. The maximum absolute atomic E-state index is 10.3. The van der Waals surface area contributed by atoms with Crippen molar-refractivity contribution in [3.63, 3.8) is 0 Å². The van der Waals surface area contributed by atoms with E-state index in [9.17, 15) is 4.79 Å². The van der Waals surface area contributed by atoms with Gasteiger partial charge in [-0.25, -0.2) is 5.32 Å². The Morgan fingerprint density at radius 3 is 2.62 bits per heavy atom. The highest BCUT2D eigenvalue weighted by Crippen LogP contribution is 2.29. The Hall–Kier alpha value is -1.74. The highest BCUT2D eigenvalue weighted by Gasteiger charge is 2.09. The van der Waals surface area contributed by atoms with Crippen LogP contribution in [0.25, 0.3) is 11.3 Å². The summed E-state index contributed by atoms with van der Waals surface area (Å²) in [4.78, 5) is 10.3. The molecule has 0 aliphatic carbocycles. The molecule has 0 fully saturated rings. The van der Waals surface area contributed by atoms with Gasteiger partial charge in [-0.2, -0.15) is 0 Å². The van der Waals surface area contributed by atoms with Crippen LogP contribution >= 0.6 is 11.6 Å². The Kier molecular flexibility index (Phi) is 2.97. The molecule has 4 heteroatoms. The predicted molar refractivity (Wildman–Crippen MR) is 61.7 cm³/mol. The lowest BCUT2D eigenvalue weighted by Crippen LogP contribution is -1.90. The van der Waals surface area contributed by atoms with E-state index in [0.717, 1.165) is 5.56 Å². The molecule has 1 aromatic heterocycles. The van der Waals surface area contributed by atoms with E-state index >= 15 is 0 Å². The number of aryl methyl sites for hydroxylation is 1. The normalized spacial score (nSPS) is 10.1. The van der Waals surface area contributed by atoms with Gasteiger partial charge in [0.2, 0.25) is 6.41 Å². The molecule has 0 saturated carbocycles. The summed E-state index contributed by atoms with van der Waals surface area (Å²) < 4.78 is 5.50. The second kappa shape index (κ2) is 4.41. The predicted octanol–water partition coefficient (Wildman–Crippen LogP) is 3.30. The molecule has 0 aliphatic rings. The van der Waals surface area contributed by atoms with Gasteiger partial charge in [-0.05, 0) is 31.2 Å². The first-order valence-corrected chi connectivity index (χ1v) is 5.09. The molecular formula is C12H9ClNO2. The van der Waals surface area contributed by atoms with E-state index in [2.05, 4.69) is 5.32 Å². The van der Waals surface area contributed by atoms with Crippen LogP contribution in [0.5, 0.6) is 0 Å². The van der Waals surface area contributed by atoms with Crippen molar-refractivity contribution in [2.24, 2.45) is 0 Å². The average Bonchev–Trinajstić information content (AvgIpc) is 2.62. The summed E-state index contributed by atoms with van der Waals surface area (Å²) in [5.74, 6) is 1.30. The van der Waals surface area contributed by atoms with Crippen LogP contribution in [0.4, 0.5) is 5.69 Å². The molecule has 0 N–H and O–H groups in total. The van der Waals surface area contributed by atoms with E-state index in [1.807, 2.05) is 12.1 Å². The average molecular weight is 235 g/mol. The van der Waals surface area contributed by atoms with E-state index in [1.165, 1.54) is 0 Å². The van der Waals surface area contributed by atoms with E-state index < -0.39 is 0 Å². The Balaban J connectivity index is 2.37. The highest BCUT2D eigenvalue weighted by atomic mass is 35.5. The third kappa shape index (κ3) is 2.09. The quantitative estimate of drug-likeness (QED) is 0.765. The summed E-state index contributed by atoms with van der Waals surface area (Å²) in [5.41, 5.74) is 1.46. The number of rotatable bonds is 3. The molecule has 0 spiro atoms. The van der Waals surface area contributed by atoms with Crippen molar-refractivity contribution in [2.45, 2.75) is 6.92 Å². The SMILES string of the molecule is Cc1oc(-c2ccc(Cl)cc2)cc1[N]C=O. The molecule has 1 radical (unpaired) electrons. The molecule has 0 aliphatic heterocycles. The molecule has 3 nitrogen and oxygen atoms in total. The van der Waals surface area contributed by atoms with Gasteiger partial charge in [-0.3, -0.25) is 4.79 Å². The summed E-state index contributed by atoms with van der Waals surface area (Å²) in [6.45, 7) is 1.77. The zero-order valence-corrected chi connectivity index (χ0v) is 9.36. The monoisotopic (exact) mass is 234 g/mol. The van der Waals surface area contributed by atoms with Gasteiger partial charge in [-0.15, -0.1) is 0 Å². The van der Waals surface area contributed by atoms with Gasteiger partial charge in [0.25, 0.3) is 0 Å². The number of furan rings is 1. The van der Waals surface area contributed by atoms with Crippen molar-refractivity contribution in [3.8, 4) is 11.3 Å².